The van der Waals surface area contributed by atoms with E-state index in [0.29, 0.717) is 11.9 Å². The molecule has 2 aromatic rings. The van der Waals surface area contributed by atoms with Crippen LogP contribution in [0.25, 0.3) is 11.0 Å². The van der Waals surface area contributed by atoms with E-state index in [9.17, 15) is 0 Å². The van der Waals surface area contributed by atoms with Crippen molar-refractivity contribution in [3.8, 4) is 0 Å². The number of benzene rings is 1. The Bertz CT molecular complexity index is 530. The second-order valence-corrected chi connectivity index (χ2v) is 5.25. The highest BCUT2D eigenvalue weighted by molar-refractivity contribution is 6.31. The Balaban J connectivity index is 2.63. The first kappa shape index (κ1) is 13.7. The predicted molar refractivity (Wildman–Crippen MR) is 78.8 cm³/mol. The normalized spacial score (nSPS) is 11.6. The Labute approximate surface area is 118 Å². The molecule has 0 unspecified atom stereocenters. The molecule has 0 aliphatic heterocycles. The highest BCUT2D eigenvalue weighted by Gasteiger charge is 2.16. The maximum Gasteiger partial charge on any atom is 0.111 e. The third kappa shape index (κ3) is 2.50. The monoisotopic (exact) mass is 284 g/mol. The smallest absolute Gasteiger partial charge is 0.111 e. The SMILES string of the molecule is CCC(CC)n1c(CCCl)nc2ccc(Cl)cc21. The van der Waals surface area contributed by atoms with Crippen LogP contribution in [0.2, 0.25) is 5.02 Å². The van der Waals surface area contributed by atoms with E-state index >= 15 is 0 Å². The van der Waals surface area contributed by atoms with E-state index < -0.39 is 0 Å². The molecule has 0 saturated carbocycles. The molecule has 0 amide bonds. The van der Waals surface area contributed by atoms with Crippen LogP contribution in [0.15, 0.2) is 18.2 Å². The summed E-state index contributed by atoms with van der Waals surface area (Å²) >= 11 is 12.0. The Morgan fingerprint density at radius 2 is 2.00 bits per heavy atom. The summed E-state index contributed by atoms with van der Waals surface area (Å²) in [6.07, 6.45) is 2.97. The van der Waals surface area contributed by atoms with Gasteiger partial charge < -0.3 is 4.57 Å². The molecule has 0 atom stereocenters. The average Bonchev–Trinajstić information content (AvgIpc) is 2.70. The molecule has 0 radical (unpaired) electrons. The van der Waals surface area contributed by atoms with Gasteiger partial charge in [0.05, 0.1) is 11.0 Å². The summed E-state index contributed by atoms with van der Waals surface area (Å²) < 4.78 is 2.31. The van der Waals surface area contributed by atoms with E-state index in [1.165, 1.54) is 0 Å². The molecule has 1 aromatic carbocycles. The highest BCUT2D eigenvalue weighted by atomic mass is 35.5. The van der Waals surface area contributed by atoms with Gasteiger partial charge in [-0.3, -0.25) is 0 Å². The first-order valence-electron chi connectivity index (χ1n) is 6.43. The fraction of sp³-hybridized carbons (Fsp3) is 0.500. The van der Waals surface area contributed by atoms with Crippen LogP contribution in [0, 0.1) is 0 Å². The average molecular weight is 285 g/mol. The van der Waals surface area contributed by atoms with Crippen molar-refractivity contribution in [1.29, 1.82) is 0 Å². The number of aryl methyl sites for hydroxylation is 1. The van der Waals surface area contributed by atoms with Gasteiger partial charge in [-0.25, -0.2) is 4.98 Å². The number of fused-ring (bicyclic) bond motifs is 1. The van der Waals surface area contributed by atoms with Gasteiger partial charge >= 0.3 is 0 Å². The Morgan fingerprint density at radius 1 is 1.28 bits per heavy atom. The number of hydrogen-bond acceptors (Lipinski definition) is 1. The van der Waals surface area contributed by atoms with Gasteiger partial charge in [0.1, 0.15) is 5.82 Å². The minimum atomic E-state index is 0.465. The number of alkyl halides is 1. The van der Waals surface area contributed by atoms with E-state index in [1.807, 2.05) is 18.2 Å². The quantitative estimate of drug-likeness (QED) is 0.719. The molecule has 0 aliphatic carbocycles. The van der Waals surface area contributed by atoms with Crippen molar-refractivity contribution in [3.05, 3.63) is 29.0 Å². The summed E-state index contributed by atoms with van der Waals surface area (Å²) in [5.41, 5.74) is 2.13. The zero-order valence-corrected chi connectivity index (χ0v) is 12.3. The van der Waals surface area contributed by atoms with E-state index in [0.717, 1.165) is 41.1 Å². The number of nitrogens with zero attached hydrogens (tertiary/aromatic N) is 2. The molecule has 4 heteroatoms. The first-order valence-corrected chi connectivity index (χ1v) is 7.34. The molecule has 0 spiro atoms. The van der Waals surface area contributed by atoms with Crippen molar-refractivity contribution in [2.75, 3.05) is 5.88 Å². The summed E-state index contributed by atoms with van der Waals surface area (Å²) in [7, 11) is 0. The van der Waals surface area contributed by atoms with Crippen LogP contribution < -0.4 is 0 Å². The Morgan fingerprint density at radius 3 is 2.61 bits per heavy atom. The van der Waals surface area contributed by atoms with Crippen molar-refractivity contribution in [2.45, 2.75) is 39.2 Å². The fourth-order valence-electron chi connectivity index (χ4n) is 2.44. The molecule has 0 saturated heterocycles. The van der Waals surface area contributed by atoms with Crippen molar-refractivity contribution in [2.24, 2.45) is 0 Å². The highest BCUT2D eigenvalue weighted by Crippen LogP contribution is 2.27. The topological polar surface area (TPSA) is 17.8 Å². The molecule has 1 heterocycles. The lowest BCUT2D eigenvalue weighted by Crippen LogP contribution is -2.11. The maximum atomic E-state index is 6.10. The second-order valence-electron chi connectivity index (χ2n) is 4.44. The van der Waals surface area contributed by atoms with E-state index in [2.05, 4.69) is 23.4 Å². The summed E-state index contributed by atoms with van der Waals surface area (Å²) in [5.74, 6) is 1.66. The minimum Gasteiger partial charge on any atom is -0.325 e. The number of halogens is 2. The summed E-state index contributed by atoms with van der Waals surface area (Å²) in [6.45, 7) is 4.41. The summed E-state index contributed by atoms with van der Waals surface area (Å²) in [6, 6.07) is 6.33. The number of aromatic nitrogens is 2. The lowest BCUT2D eigenvalue weighted by molar-refractivity contribution is 0.468. The lowest BCUT2D eigenvalue weighted by Gasteiger charge is -2.18. The second kappa shape index (κ2) is 5.94. The third-order valence-electron chi connectivity index (χ3n) is 3.35. The van der Waals surface area contributed by atoms with Gasteiger partial charge in [-0.15, -0.1) is 11.6 Å². The molecular weight excluding hydrogens is 267 g/mol. The van der Waals surface area contributed by atoms with Crippen LogP contribution in [-0.4, -0.2) is 15.4 Å². The molecule has 2 nitrogen and oxygen atoms in total. The molecule has 1 aromatic heterocycles. The zero-order chi connectivity index (χ0) is 13.1. The van der Waals surface area contributed by atoms with Gasteiger partial charge in [0, 0.05) is 23.4 Å². The Hall–Kier alpha value is -0.730. The summed E-state index contributed by atoms with van der Waals surface area (Å²) in [4.78, 5) is 4.68. The number of hydrogen-bond donors (Lipinski definition) is 0. The van der Waals surface area contributed by atoms with Gasteiger partial charge in [0.2, 0.25) is 0 Å². The van der Waals surface area contributed by atoms with Crippen LogP contribution in [0.4, 0.5) is 0 Å². The van der Waals surface area contributed by atoms with Gasteiger partial charge in [-0.05, 0) is 31.0 Å². The third-order valence-corrected chi connectivity index (χ3v) is 3.77. The van der Waals surface area contributed by atoms with Gasteiger partial charge in [0.25, 0.3) is 0 Å². The molecular formula is C14H18Cl2N2. The number of rotatable bonds is 5. The lowest BCUT2D eigenvalue weighted by atomic mass is 10.1. The first-order chi connectivity index (χ1) is 8.71. The van der Waals surface area contributed by atoms with Crippen LogP contribution in [0.1, 0.15) is 38.6 Å². The van der Waals surface area contributed by atoms with Crippen LogP contribution in [-0.2, 0) is 6.42 Å². The van der Waals surface area contributed by atoms with Crippen molar-refractivity contribution in [1.82, 2.24) is 9.55 Å². The van der Waals surface area contributed by atoms with E-state index in [-0.39, 0.29) is 0 Å². The zero-order valence-electron chi connectivity index (χ0n) is 10.8. The molecule has 2 rings (SSSR count). The summed E-state index contributed by atoms with van der Waals surface area (Å²) in [5, 5.41) is 0.757. The largest absolute Gasteiger partial charge is 0.325 e. The van der Waals surface area contributed by atoms with E-state index in [1.54, 1.807) is 0 Å². The molecule has 0 fully saturated rings. The van der Waals surface area contributed by atoms with Crippen molar-refractivity contribution < 1.29 is 0 Å². The van der Waals surface area contributed by atoms with Crippen LogP contribution >= 0.6 is 23.2 Å². The van der Waals surface area contributed by atoms with Gasteiger partial charge in [-0.1, -0.05) is 25.4 Å². The predicted octanol–water partition coefficient (Wildman–Crippen LogP) is 4.83. The standard InChI is InChI=1S/C14H18Cl2N2/c1-3-11(4-2)18-13-9-10(16)5-6-12(13)17-14(18)7-8-15/h5-6,9,11H,3-4,7-8H2,1-2H3. The van der Waals surface area contributed by atoms with E-state index in [4.69, 9.17) is 23.2 Å². The minimum absolute atomic E-state index is 0.465. The molecule has 0 bridgehead atoms. The molecule has 98 valence electrons. The fourth-order valence-corrected chi connectivity index (χ4v) is 2.77. The maximum absolute atomic E-state index is 6.10. The molecule has 0 N–H and O–H groups in total. The van der Waals surface area contributed by atoms with Crippen LogP contribution in [0.3, 0.4) is 0 Å². The van der Waals surface area contributed by atoms with Gasteiger partial charge in [0.15, 0.2) is 0 Å². The number of imidazole rings is 1. The molecule has 18 heavy (non-hydrogen) atoms. The molecule has 0 aliphatic rings. The van der Waals surface area contributed by atoms with Crippen molar-refractivity contribution in [3.63, 3.8) is 0 Å². The van der Waals surface area contributed by atoms with Crippen molar-refractivity contribution >= 4 is 34.2 Å². The van der Waals surface area contributed by atoms with Gasteiger partial charge in [-0.2, -0.15) is 0 Å². The van der Waals surface area contributed by atoms with Crippen LogP contribution in [0.5, 0.6) is 0 Å². The Kier molecular flexibility index (Phi) is 4.52.